The molecule has 0 spiro atoms. The van der Waals surface area contributed by atoms with E-state index in [1.54, 1.807) is 13.8 Å². The van der Waals surface area contributed by atoms with Crippen LogP contribution >= 0.6 is 0 Å². The molecule has 0 aromatic carbocycles. The van der Waals surface area contributed by atoms with Gasteiger partial charge in [-0.25, -0.2) is 4.79 Å². The van der Waals surface area contributed by atoms with Gasteiger partial charge in [-0.1, -0.05) is 20.4 Å². The molecule has 7 heteroatoms. The second kappa shape index (κ2) is 6.27. The number of ketones is 1. The van der Waals surface area contributed by atoms with Crippen molar-refractivity contribution in [3.8, 4) is 0 Å². The molecular weight excluding hydrogens is 239 g/mol. The Bertz CT molecular complexity index is 300. The smallest absolute Gasteiger partial charge is 0.422 e. The molecule has 98 valence electrons. The van der Waals surface area contributed by atoms with Gasteiger partial charge in [0.2, 0.25) is 0 Å². The maximum Gasteiger partial charge on any atom is 0.422 e. The highest BCUT2D eigenvalue weighted by Gasteiger charge is 2.30. The maximum atomic E-state index is 11.7. The molecule has 1 amide bonds. The van der Waals surface area contributed by atoms with Crippen LogP contribution < -0.4 is 5.32 Å². The van der Waals surface area contributed by atoms with Crippen molar-refractivity contribution in [2.24, 2.45) is 5.92 Å². The standard InChI is InChI=1S/C10H14F3NO3/c1-4-7(15)8(6(2)3)14-9(16)17-5-10(11,12)13/h4,6,8H,1,5H2,2-3H3,(H,14,16). The Kier molecular flexibility index (Phi) is 5.70. The van der Waals surface area contributed by atoms with Gasteiger partial charge >= 0.3 is 12.3 Å². The summed E-state index contributed by atoms with van der Waals surface area (Å²) in [5.74, 6) is -0.761. The first kappa shape index (κ1) is 15.5. The van der Waals surface area contributed by atoms with Crippen LogP contribution in [0.15, 0.2) is 12.7 Å². The number of ether oxygens (including phenoxy) is 1. The predicted octanol–water partition coefficient (Wildman–Crippen LogP) is 2.05. The van der Waals surface area contributed by atoms with E-state index in [1.165, 1.54) is 0 Å². The Morgan fingerprint density at radius 2 is 1.94 bits per heavy atom. The van der Waals surface area contributed by atoms with Gasteiger partial charge in [0, 0.05) is 0 Å². The normalized spacial score (nSPS) is 13.1. The van der Waals surface area contributed by atoms with Crippen LogP contribution in [0.3, 0.4) is 0 Å². The average molecular weight is 253 g/mol. The molecule has 0 bridgehead atoms. The van der Waals surface area contributed by atoms with Gasteiger partial charge in [-0.15, -0.1) is 0 Å². The fraction of sp³-hybridized carbons (Fsp3) is 0.600. The largest absolute Gasteiger partial charge is 0.440 e. The van der Waals surface area contributed by atoms with Crippen molar-refractivity contribution in [2.45, 2.75) is 26.1 Å². The van der Waals surface area contributed by atoms with Crippen molar-refractivity contribution in [3.05, 3.63) is 12.7 Å². The van der Waals surface area contributed by atoms with E-state index in [1.807, 2.05) is 0 Å². The van der Waals surface area contributed by atoms with Crippen LogP contribution in [0.1, 0.15) is 13.8 Å². The number of alkyl halides is 3. The van der Waals surface area contributed by atoms with E-state index in [-0.39, 0.29) is 5.92 Å². The summed E-state index contributed by atoms with van der Waals surface area (Å²) in [6.45, 7) is 4.82. The SMILES string of the molecule is C=CC(=O)C(NC(=O)OCC(F)(F)F)C(C)C. The molecule has 0 heterocycles. The van der Waals surface area contributed by atoms with Crippen molar-refractivity contribution in [1.82, 2.24) is 5.32 Å². The van der Waals surface area contributed by atoms with E-state index >= 15 is 0 Å². The predicted molar refractivity (Wildman–Crippen MR) is 54.4 cm³/mol. The fourth-order valence-corrected chi connectivity index (χ4v) is 1.01. The lowest BCUT2D eigenvalue weighted by atomic mass is 10.0. The number of hydrogen-bond acceptors (Lipinski definition) is 3. The molecule has 1 atom stereocenters. The van der Waals surface area contributed by atoms with Crippen molar-refractivity contribution in [1.29, 1.82) is 0 Å². The Balaban J connectivity index is 4.33. The van der Waals surface area contributed by atoms with E-state index in [0.29, 0.717) is 0 Å². The molecule has 1 unspecified atom stereocenters. The number of carbonyl (C=O) groups excluding carboxylic acids is 2. The fourth-order valence-electron chi connectivity index (χ4n) is 1.01. The van der Waals surface area contributed by atoms with Crippen molar-refractivity contribution >= 4 is 11.9 Å². The Morgan fingerprint density at radius 1 is 1.41 bits per heavy atom. The summed E-state index contributed by atoms with van der Waals surface area (Å²) in [6.07, 6.45) is -4.88. The minimum atomic E-state index is -4.59. The summed E-state index contributed by atoms with van der Waals surface area (Å²) in [7, 11) is 0. The third-order valence-corrected chi connectivity index (χ3v) is 1.81. The molecule has 0 aliphatic heterocycles. The van der Waals surface area contributed by atoms with Gasteiger partial charge in [0.25, 0.3) is 0 Å². The van der Waals surface area contributed by atoms with Crippen LogP contribution in [0.5, 0.6) is 0 Å². The van der Waals surface area contributed by atoms with Crippen LogP contribution in [-0.4, -0.2) is 30.7 Å². The summed E-state index contributed by atoms with van der Waals surface area (Å²) < 4.78 is 39.2. The Labute approximate surface area is 96.8 Å². The van der Waals surface area contributed by atoms with E-state index in [0.717, 1.165) is 6.08 Å². The summed E-state index contributed by atoms with van der Waals surface area (Å²) in [5.41, 5.74) is 0. The summed E-state index contributed by atoms with van der Waals surface area (Å²) in [4.78, 5) is 22.3. The van der Waals surface area contributed by atoms with Gasteiger partial charge in [-0.05, 0) is 12.0 Å². The van der Waals surface area contributed by atoms with Gasteiger partial charge in [-0.2, -0.15) is 13.2 Å². The van der Waals surface area contributed by atoms with Gasteiger partial charge in [0.05, 0.1) is 6.04 Å². The van der Waals surface area contributed by atoms with Gasteiger partial charge in [0.15, 0.2) is 12.4 Å². The monoisotopic (exact) mass is 253 g/mol. The highest BCUT2D eigenvalue weighted by molar-refractivity contribution is 5.95. The zero-order valence-electron chi connectivity index (χ0n) is 9.50. The minimum Gasteiger partial charge on any atom is -0.440 e. The lowest BCUT2D eigenvalue weighted by Gasteiger charge is -2.19. The van der Waals surface area contributed by atoms with E-state index in [4.69, 9.17) is 0 Å². The molecule has 17 heavy (non-hydrogen) atoms. The lowest BCUT2D eigenvalue weighted by molar-refractivity contribution is -0.160. The molecule has 0 fully saturated rings. The Morgan fingerprint density at radius 3 is 2.29 bits per heavy atom. The minimum absolute atomic E-state index is 0.279. The first-order chi connectivity index (χ1) is 7.67. The number of halogens is 3. The molecule has 0 saturated heterocycles. The highest BCUT2D eigenvalue weighted by Crippen LogP contribution is 2.14. The van der Waals surface area contributed by atoms with E-state index < -0.39 is 30.7 Å². The average Bonchev–Trinajstić information content (AvgIpc) is 2.20. The second-order valence-electron chi connectivity index (χ2n) is 3.66. The van der Waals surface area contributed by atoms with Crippen molar-refractivity contribution in [2.75, 3.05) is 6.61 Å². The van der Waals surface area contributed by atoms with Gasteiger partial charge in [-0.3, -0.25) is 4.79 Å². The Hall–Kier alpha value is -1.53. The molecule has 0 rings (SSSR count). The third kappa shape index (κ3) is 6.60. The lowest BCUT2D eigenvalue weighted by Crippen LogP contribution is -2.44. The van der Waals surface area contributed by atoms with E-state index in [2.05, 4.69) is 16.6 Å². The zero-order chi connectivity index (χ0) is 13.6. The third-order valence-electron chi connectivity index (χ3n) is 1.81. The second-order valence-corrected chi connectivity index (χ2v) is 3.66. The van der Waals surface area contributed by atoms with Crippen molar-refractivity contribution in [3.63, 3.8) is 0 Å². The molecule has 4 nitrogen and oxygen atoms in total. The van der Waals surface area contributed by atoms with E-state index in [9.17, 15) is 22.8 Å². The first-order valence-electron chi connectivity index (χ1n) is 4.83. The van der Waals surface area contributed by atoms with Crippen LogP contribution in [0.4, 0.5) is 18.0 Å². The van der Waals surface area contributed by atoms with Crippen molar-refractivity contribution < 1.29 is 27.5 Å². The number of carbonyl (C=O) groups is 2. The molecule has 0 aromatic heterocycles. The number of rotatable bonds is 5. The topological polar surface area (TPSA) is 55.4 Å². The van der Waals surface area contributed by atoms with Crippen LogP contribution in [0.2, 0.25) is 0 Å². The summed E-state index contributed by atoms with van der Waals surface area (Å²) in [5, 5.41) is 2.06. The molecule has 0 aliphatic rings. The number of hydrogen-bond donors (Lipinski definition) is 1. The molecule has 0 aromatic rings. The van der Waals surface area contributed by atoms with Gasteiger partial charge < -0.3 is 10.1 Å². The molecule has 0 radical (unpaired) electrons. The molecule has 1 N–H and O–H groups in total. The molecular formula is C10H14F3NO3. The molecule has 0 aliphatic carbocycles. The number of nitrogens with one attached hydrogen (secondary N) is 1. The quantitative estimate of drug-likeness (QED) is 0.763. The highest BCUT2D eigenvalue weighted by atomic mass is 19.4. The summed E-state index contributed by atoms with van der Waals surface area (Å²) >= 11 is 0. The summed E-state index contributed by atoms with van der Waals surface area (Å²) in [6, 6.07) is -0.937. The zero-order valence-corrected chi connectivity index (χ0v) is 9.50. The van der Waals surface area contributed by atoms with Gasteiger partial charge in [0.1, 0.15) is 0 Å². The molecule has 0 saturated carbocycles. The number of alkyl carbamates (subject to hydrolysis) is 1. The van der Waals surface area contributed by atoms with Crippen LogP contribution in [0, 0.1) is 5.92 Å². The van der Waals surface area contributed by atoms with Crippen LogP contribution in [-0.2, 0) is 9.53 Å². The first-order valence-corrected chi connectivity index (χ1v) is 4.83. The number of amides is 1. The van der Waals surface area contributed by atoms with Crippen LogP contribution in [0.25, 0.3) is 0 Å². The maximum absolute atomic E-state index is 11.7.